The summed E-state index contributed by atoms with van der Waals surface area (Å²) in [5, 5.41) is 3.73. The number of nitrogens with one attached hydrogen (secondary N) is 1. The molecule has 0 spiro atoms. The molecule has 1 N–H and O–H groups in total. The van der Waals surface area contributed by atoms with Crippen molar-refractivity contribution < 1.29 is 0 Å². The highest BCUT2D eigenvalue weighted by Crippen LogP contribution is 2.24. The van der Waals surface area contributed by atoms with Crippen molar-refractivity contribution in [3.63, 3.8) is 0 Å². The van der Waals surface area contributed by atoms with Crippen molar-refractivity contribution in [2.24, 2.45) is 0 Å². The van der Waals surface area contributed by atoms with E-state index in [1.807, 2.05) is 0 Å². The van der Waals surface area contributed by atoms with Gasteiger partial charge in [0.2, 0.25) is 5.28 Å². The van der Waals surface area contributed by atoms with E-state index in [-0.39, 0.29) is 0 Å². The lowest BCUT2D eigenvalue weighted by molar-refractivity contribution is 0.621. The first-order valence-electron chi connectivity index (χ1n) is 6.19. The fraction of sp³-hybridized carbons (Fsp3) is 0.667. The molecule has 0 atom stereocenters. The summed E-state index contributed by atoms with van der Waals surface area (Å²) >= 11 is 5.99. The van der Waals surface area contributed by atoms with Crippen molar-refractivity contribution in [3.05, 3.63) is 16.5 Å². The Hall–Kier alpha value is -0.870. The third-order valence-electron chi connectivity index (χ3n) is 3.09. The third kappa shape index (κ3) is 2.87. The van der Waals surface area contributed by atoms with E-state index in [4.69, 9.17) is 11.6 Å². The largest absolute Gasteiger partial charge is 0.359 e. The molecule has 5 heteroatoms. The molecule has 94 valence electrons. The number of rotatable bonds is 4. The minimum atomic E-state index is 0.365. The Morgan fingerprint density at radius 2 is 2.24 bits per heavy atom. The van der Waals surface area contributed by atoms with Crippen molar-refractivity contribution in [1.29, 1.82) is 0 Å². The Bertz CT molecular complexity index is 394. The van der Waals surface area contributed by atoms with E-state index in [0.717, 1.165) is 37.6 Å². The van der Waals surface area contributed by atoms with Crippen LogP contribution in [0.1, 0.15) is 31.0 Å². The van der Waals surface area contributed by atoms with Crippen LogP contribution < -0.4 is 10.2 Å². The van der Waals surface area contributed by atoms with E-state index in [1.54, 1.807) is 0 Å². The number of nitrogens with zero attached hydrogens (tertiary/aromatic N) is 3. The first kappa shape index (κ1) is 12.6. The molecule has 0 bridgehead atoms. The van der Waals surface area contributed by atoms with Crippen LogP contribution >= 0.6 is 11.6 Å². The molecule has 0 saturated heterocycles. The Kier molecular flexibility index (Phi) is 4.18. The summed E-state index contributed by atoms with van der Waals surface area (Å²) in [6.07, 6.45) is 3.29. The number of halogens is 1. The molecule has 0 saturated carbocycles. The van der Waals surface area contributed by atoms with Crippen molar-refractivity contribution in [2.75, 3.05) is 25.0 Å². The molecular weight excluding hydrogens is 236 g/mol. The Balaban J connectivity index is 2.28. The van der Waals surface area contributed by atoms with E-state index in [9.17, 15) is 0 Å². The maximum Gasteiger partial charge on any atom is 0.224 e. The first-order valence-corrected chi connectivity index (χ1v) is 6.57. The van der Waals surface area contributed by atoms with Gasteiger partial charge in [0.1, 0.15) is 5.82 Å². The van der Waals surface area contributed by atoms with Gasteiger partial charge in [-0.1, -0.05) is 13.3 Å². The van der Waals surface area contributed by atoms with Gasteiger partial charge in [0.25, 0.3) is 0 Å². The van der Waals surface area contributed by atoms with Crippen LogP contribution in [0.3, 0.4) is 0 Å². The van der Waals surface area contributed by atoms with Crippen molar-refractivity contribution in [3.8, 4) is 0 Å². The second kappa shape index (κ2) is 5.65. The number of aromatic nitrogens is 2. The highest BCUT2D eigenvalue weighted by molar-refractivity contribution is 6.28. The molecule has 0 unspecified atom stereocenters. The van der Waals surface area contributed by atoms with E-state index >= 15 is 0 Å². The SMILES string of the molecule is CCCCN(C)c1nc(Cl)nc2c1CNCC2. The second-order valence-electron chi connectivity index (χ2n) is 4.44. The van der Waals surface area contributed by atoms with Gasteiger partial charge in [0.15, 0.2) is 0 Å². The fourth-order valence-corrected chi connectivity index (χ4v) is 2.29. The van der Waals surface area contributed by atoms with Gasteiger partial charge in [0, 0.05) is 38.7 Å². The van der Waals surface area contributed by atoms with Crippen LogP contribution in [0.25, 0.3) is 0 Å². The second-order valence-corrected chi connectivity index (χ2v) is 4.78. The fourth-order valence-electron chi connectivity index (χ4n) is 2.11. The molecule has 1 aromatic rings. The first-order chi connectivity index (χ1) is 8.22. The molecule has 0 fully saturated rings. The molecule has 0 radical (unpaired) electrons. The standard InChI is InChI=1S/C12H19ClN4/c1-3-4-7-17(2)11-9-8-14-6-5-10(9)15-12(13)16-11/h14H,3-8H2,1-2H3. The normalized spacial score (nSPS) is 14.5. The maximum atomic E-state index is 5.99. The predicted molar refractivity (Wildman–Crippen MR) is 70.6 cm³/mol. The smallest absolute Gasteiger partial charge is 0.224 e. The summed E-state index contributed by atoms with van der Waals surface area (Å²) < 4.78 is 0. The highest BCUT2D eigenvalue weighted by atomic mass is 35.5. The number of hydrogen-bond acceptors (Lipinski definition) is 4. The minimum absolute atomic E-state index is 0.365. The molecule has 2 heterocycles. The quantitative estimate of drug-likeness (QED) is 0.835. The van der Waals surface area contributed by atoms with Crippen LogP contribution in [0, 0.1) is 0 Å². The van der Waals surface area contributed by atoms with Gasteiger partial charge < -0.3 is 10.2 Å². The zero-order valence-electron chi connectivity index (χ0n) is 10.5. The average Bonchev–Trinajstić information content (AvgIpc) is 2.34. The van der Waals surface area contributed by atoms with E-state index in [2.05, 4.69) is 34.2 Å². The van der Waals surface area contributed by atoms with Gasteiger partial charge in [-0.2, -0.15) is 0 Å². The van der Waals surface area contributed by atoms with Gasteiger partial charge in [-0.25, -0.2) is 9.97 Å². The van der Waals surface area contributed by atoms with Crippen molar-refractivity contribution in [1.82, 2.24) is 15.3 Å². The van der Waals surface area contributed by atoms with Crippen LogP contribution in [0.15, 0.2) is 0 Å². The van der Waals surface area contributed by atoms with E-state index in [0.29, 0.717) is 5.28 Å². The summed E-state index contributed by atoms with van der Waals surface area (Å²) in [5.74, 6) is 0.987. The summed E-state index contributed by atoms with van der Waals surface area (Å²) in [6.45, 7) is 5.02. The Morgan fingerprint density at radius 3 is 3.00 bits per heavy atom. The van der Waals surface area contributed by atoms with Crippen molar-refractivity contribution in [2.45, 2.75) is 32.7 Å². The van der Waals surface area contributed by atoms with Crippen LogP contribution in [0.4, 0.5) is 5.82 Å². The molecular formula is C12H19ClN4. The lowest BCUT2D eigenvalue weighted by atomic mass is 10.1. The molecule has 17 heavy (non-hydrogen) atoms. The Labute approximate surface area is 107 Å². The van der Waals surface area contributed by atoms with Crippen molar-refractivity contribution >= 4 is 17.4 Å². The number of hydrogen-bond donors (Lipinski definition) is 1. The van der Waals surface area contributed by atoms with E-state index in [1.165, 1.54) is 18.4 Å². The average molecular weight is 255 g/mol. The van der Waals surface area contributed by atoms with Gasteiger partial charge in [-0.05, 0) is 18.0 Å². The zero-order chi connectivity index (χ0) is 12.3. The minimum Gasteiger partial charge on any atom is -0.359 e. The number of unbranched alkanes of at least 4 members (excludes halogenated alkanes) is 1. The summed E-state index contributed by atoms with van der Waals surface area (Å²) in [6, 6.07) is 0. The van der Waals surface area contributed by atoms with Crippen LogP contribution in [0.2, 0.25) is 5.28 Å². The summed E-state index contributed by atoms with van der Waals surface area (Å²) in [4.78, 5) is 10.9. The lowest BCUT2D eigenvalue weighted by Crippen LogP contribution is -2.29. The number of fused-ring (bicyclic) bond motifs is 1. The molecule has 0 aliphatic carbocycles. The highest BCUT2D eigenvalue weighted by Gasteiger charge is 2.19. The van der Waals surface area contributed by atoms with Crippen LogP contribution in [-0.4, -0.2) is 30.1 Å². The van der Waals surface area contributed by atoms with E-state index < -0.39 is 0 Å². The van der Waals surface area contributed by atoms with Crippen LogP contribution in [-0.2, 0) is 13.0 Å². The molecule has 4 nitrogen and oxygen atoms in total. The van der Waals surface area contributed by atoms with Gasteiger partial charge in [0.05, 0.1) is 5.69 Å². The molecule has 0 amide bonds. The third-order valence-corrected chi connectivity index (χ3v) is 3.26. The maximum absolute atomic E-state index is 5.99. The molecule has 1 aliphatic rings. The zero-order valence-corrected chi connectivity index (χ0v) is 11.2. The number of anilines is 1. The lowest BCUT2D eigenvalue weighted by Gasteiger charge is -2.25. The molecule has 2 rings (SSSR count). The monoisotopic (exact) mass is 254 g/mol. The summed E-state index contributed by atoms with van der Waals surface area (Å²) in [7, 11) is 2.07. The van der Waals surface area contributed by atoms with Crippen LogP contribution in [0.5, 0.6) is 0 Å². The molecule has 0 aromatic carbocycles. The van der Waals surface area contributed by atoms with Gasteiger partial charge >= 0.3 is 0 Å². The van der Waals surface area contributed by atoms with Gasteiger partial charge in [-0.15, -0.1) is 0 Å². The van der Waals surface area contributed by atoms with Gasteiger partial charge in [-0.3, -0.25) is 0 Å². The molecule has 1 aromatic heterocycles. The predicted octanol–water partition coefficient (Wildman–Crippen LogP) is 2.01. The Morgan fingerprint density at radius 1 is 1.41 bits per heavy atom. The topological polar surface area (TPSA) is 41.1 Å². The summed E-state index contributed by atoms with van der Waals surface area (Å²) in [5.41, 5.74) is 2.31. The molecule has 1 aliphatic heterocycles.